The van der Waals surface area contributed by atoms with Crippen LogP contribution in [0.1, 0.15) is 37.0 Å². The zero-order valence-electron chi connectivity index (χ0n) is 11.1. The van der Waals surface area contributed by atoms with Crippen molar-refractivity contribution in [1.29, 1.82) is 0 Å². The summed E-state index contributed by atoms with van der Waals surface area (Å²) in [6.07, 6.45) is 2.33. The topological polar surface area (TPSA) is 23.5 Å². The van der Waals surface area contributed by atoms with Gasteiger partial charge in [-0.15, -0.1) is 0 Å². The summed E-state index contributed by atoms with van der Waals surface area (Å²) in [5.41, 5.74) is 2.26. The summed E-state index contributed by atoms with van der Waals surface area (Å²) in [4.78, 5) is 2.28. The zero-order valence-corrected chi connectivity index (χ0v) is 11.1. The fourth-order valence-corrected chi connectivity index (χ4v) is 2.27. The van der Waals surface area contributed by atoms with Crippen LogP contribution in [0.15, 0.2) is 24.3 Å². The molecule has 2 unspecified atom stereocenters. The minimum Gasteiger partial charge on any atom is -0.387 e. The predicted octanol–water partition coefficient (Wildman–Crippen LogP) is 2.76. The highest BCUT2D eigenvalue weighted by Crippen LogP contribution is 2.35. The Balaban J connectivity index is 1.91. The molecule has 1 saturated carbocycles. The lowest BCUT2D eigenvalue weighted by Gasteiger charge is -2.27. The molecule has 0 heterocycles. The van der Waals surface area contributed by atoms with Gasteiger partial charge in [0.15, 0.2) is 0 Å². The summed E-state index contributed by atoms with van der Waals surface area (Å²) in [6, 6.07) is 8.76. The molecule has 0 radical (unpaired) electrons. The van der Waals surface area contributed by atoms with Crippen LogP contribution in [0.3, 0.4) is 0 Å². The van der Waals surface area contributed by atoms with E-state index in [1.165, 1.54) is 18.4 Å². The lowest BCUT2D eigenvalue weighted by atomic mass is 10.1. The molecule has 2 nitrogen and oxygen atoms in total. The van der Waals surface area contributed by atoms with Crippen molar-refractivity contribution < 1.29 is 5.11 Å². The molecule has 0 amide bonds. The first-order valence-electron chi connectivity index (χ1n) is 6.53. The second-order valence-electron chi connectivity index (χ2n) is 5.44. The molecule has 0 aromatic heterocycles. The van der Waals surface area contributed by atoms with E-state index in [1.807, 2.05) is 12.1 Å². The fourth-order valence-electron chi connectivity index (χ4n) is 2.27. The van der Waals surface area contributed by atoms with Crippen LogP contribution in [0, 0.1) is 12.8 Å². The van der Waals surface area contributed by atoms with Crippen molar-refractivity contribution in [2.24, 2.45) is 5.92 Å². The van der Waals surface area contributed by atoms with Crippen LogP contribution in [0.4, 0.5) is 0 Å². The molecule has 2 heteroatoms. The monoisotopic (exact) mass is 233 g/mol. The third-order valence-electron chi connectivity index (χ3n) is 3.92. The molecule has 2 rings (SSSR count). The molecular weight excluding hydrogens is 210 g/mol. The van der Waals surface area contributed by atoms with Gasteiger partial charge < -0.3 is 10.0 Å². The molecule has 1 aromatic carbocycles. The summed E-state index contributed by atoms with van der Waals surface area (Å²) >= 11 is 0. The van der Waals surface area contributed by atoms with Crippen molar-refractivity contribution in [2.45, 2.75) is 38.8 Å². The van der Waals surface area contributed by atoms with E-state index in [9.17, 15) is 5.11 Å². The highest BCUT2D eigenvalue weighted by atomic mass is 16.3. The quantitative estimate of drug-likeness (QED) is 0.845. The van der Waals surface area contributed by atoms with Gasteiger partial charge in [-0.25, -0.2) is 0 Å². The molecule has 1 fully saturated rings. The van der Waals surface area contributed by atoms with Crippen LogP contribution >= 0.6 is 0 Å². The van der Waals surface area contributed by atoms with Crippen molar-refractivity contribution in [3.8, 4) is 0 Å². The molecule has 1 aliphatic rings. The van der Waals surface area contributed by atoms with E-state index in [2.05, 4.69) is 37.9 Å². The van der Waals surface area contributed by atoms with Gasteiger partial charge in [-0.3, -0.25) is 0 Å². The Hall–Kier alpha value is -0.860. The van der Waals surface area contributed by atoms with Gasteiger partial charge in [0.25, 0.3) is 0 Å². The second kappa shape index (κ2) is 5.19. The largest absolute Gasteiger partial charge is 0.387 e. The van der Waals surface area contributed by atoms with Gasteiger partial charge in [-0.2, -0.15) is 0 Å². The Morgan fingerprint density at radius 3 is 2.41 bits per heavy atom. The third kappa shape index (κ3) is 3.30. The van der Waals surface area contributed by atoms with E-state index in [-0.39, 0.29) is 6.10 Å². The van der Waals surface area contributed by atoms with Gasteiger partial charge in [0.2, 0.25) is 0 Å². The number of hydrogen-bond donors (Lipinski definition) is 1. The van der Waals surface area contributed by atoms with Gasteiger partial charge in [-0.05, 0) is 45.2 Å². The highest BCUT2D eigenvalue weighted by molar-refractivity contribution is 5.23. The highest BCUT2D eigenvalue weighted by Gasteiger charge is 2.31. The smallest absolute Gasteiger partial charge is 0.0916 e. The number of likely N-dealkylation sites (N-methyl/N-ethyl adjacent to an activating group) is 1. The molecule has 0 saturated heterocycles. The molecular formula is C15H23NO. The number of rotatable bonds is 5. The van der Waals surface area contributed by atoms with Crippen LogP contribution < -0.4 is 0 Å². The SMILES string of the molecule is Cc1ccc(C(O)CN(C)C(C)C2CC2)cc1. The van der Waals surface area contributed by atoms with Crippen LogP contribution in [0.25, 0.3) is 0 Å². The van der Waals surface area contributed by atoms with E-state index >= 15 is 0 Å². The first-order valence-corrected chi connectivity index (χ1v) is 6.53. The Morgan fingerprint density at radius 1 is 1.29 bits per heavy atom. The predicted molar refractivity (Wildman–Crippen MR) is 71.0 cm³/mol. The summed E-state index contributed by atoms with van der Waals surface area (Å²) in [5.74, 6) is 0.852. The van der Waals surface area contributed by atoms with Crippen molar-refractivity contribution in [1.82, 2.24) is 4.90 Å². The second-order valence-corrected chi connectivity index (χ2v) is 5.44. The summed E-state index contributed by atoms with van der Waals surface area (Å²) < 4.78 is 0. The van der Waals surface area contributed by atoms with Crippen LogP contribution in [-0.4, -0.2) is 29.6 Å². The lowest BCUT2D eigenvalue weighted by Crippen LogP contribution is -2.34. The first kappa shape index (κ1) is 12.6. The number of hydrogen-bond acceptors (Lipinski definition) is 2. The van der Waals surface area contributed by atoms with Crippen LogP contribution in [0.2, 0.25) is 0 Å². The third-order valence-corrected chi connectivity index (χ3v) is 3.92. The molecule has 1 N–H and O–H groups in total. The van der Waals surface area contributed by atoms with Crippen molar-refractivity contribution in [2.75, 3.05) is 13.6 Å². The molecule has 0 bridgehead atoms. The standard InChI is InChI=1S/C15H23NO/c1-11-4-6-14(7-5-11)15(17)10-16(3)12(2)13-8-9-13/h4-7,12-13,15,17H,8-10H2,1-3H3. The number of aliphatic hydroxyl groups is 1. The number of benzene rings is 1. The number of aryl methyl sites for hydroxylation is 1. The Morgan fingerprint density at radius 2 is 1.88 bits per heavy atom. The summed E-state index contributed by atoms with van der Waals surface area (Å²) in [5, 5.41) is 10.2. The normalized spacial score (nSPS) is 19.4. The number of nitrogens with zero attached hydrogens (tertiary/aromatic N) is 1. The van der Waals surface area contributed by atoms with Gasteiger partial charge in [0.05, 0.1) is 6.10 Å². The van der Waals surface area contributed by atoms with E-state index < -0.39 is 0 Å². The fraction of sp³-hybridized carbons (Fsp3) is 0.600. The average Bonchev–Trinajstić information content (AvgIpc) is 3.12. The van der Waals surface area contributed by atoms with Gasteiger partial charge in [0.1, 0.15) is 0 Å². The maximum Gasteiger partial charge on any atom is 0.0916 e. The molecule has 1 aromatic rings. The molecule has 1 aliphatic carbocycles. The van der Waals surface area contributed by atoms with Gasteiger partial charge >= 0.3 is 0 Å². The molecule has 94 valence electrons. The maximum atomic E-state index is 10.2. The van der Waals surface area contributed by atoms with E-state index in [4.69, 9.17) is 0 Å². The lowest BCUT2D eigenvalue weighted by molar-refractivity contribution is 0.103. The van der Waals surface area contributed by atoms with E-state index in [0.29, 0.717) is 6.04 Å². The molecule has 0 aliphatic heterocycles. The van der Waals surface area contributed by atoms with Gasteiger partial charge in [-0.1, -0.05) is 29.8 Å². The number of aliphatic hydroxyl groups excluding tert-OH is 1. The Kier molecular flexibility index (Phi) is 3.85. The van der Waals surface area contributed by atoms with Gasteiger partial charge in [0, 0.05) is 12.6 Å². The van der Waals surface area contributed by atoms with Crippen LogP contribution in [0.5, 0.6) is 0 Å². The molecule has 17 heavy (non-hydrogen) atoms. The van der Waals surface area contributed by atoms with E-state index in [0.717, 1.165) is 18.0 Å². The summed E-state index contributed by atoms with van der Waals surface area (Å²) in [7, 11) is 2.11. The first-order chi connectivity index (χ1) is 8.08. The van der Waals surface area contributed by atoms with Crippen molar-refractivity contribution >= 4 is 0 Å². The Bertz CT molecular complexity index is 356. The Labute approximate surface area is 104 Å². The summed E-state index contributed by atoms with van der Waals surface area (Å²) in [6.45, 7) is 5.05. The van der Waals surface area contributed by atoms with Crippen molar-refractivity contribution in [3.63, 3.8) is 0 Å². The maximum absolute atomic E-state index is 10.2. The average molecular weight is 233 g/mol. The van der Waals surface area contributed by atoms with Crippen LogP contribution in [-0.2, 0) is 0 Å². The minimum atomic E-state index is -0.373. The van der Waals surface area contributed by atoms with E-state index in [1.54, 1.807) is 0 Å². The minimum absolute atomic E-state index is 0.373. The zero-order chi connectivity index (χ0) is 12.4. The molecule has 2 atom stereocenters. The van der Waals surface area contributed by atoms with Crippen molar-refractivity contribution in [3.05, 3.63) is 35.4 Å². The molecule has 0 spiro atoms.